The summed E-state index contributed by atoms with van der Waals surface area (Å²) in [5.41, 5.74) is 0. The summed E-state index contributed by atoms with van der Waals surface area (Å²) in [7, 11) is -29.6. The number of rotatable bonds is 4. The van der Waals surface area contributed by atoms with Gasteiger partial charge in [-0.1, -0.05) is 0 Å². The summed E-state index contributed by atoms with van der Waals surface area (Å²) in [5.74, 6) is -55.8. The Morgan fingerprint density at radius 3 is 0.559 bits per heavy atom. The lowest BCUT2D eigenvalue weighted by atomic mass is 11.4. The van der Waals surface area contributed by atoms with Crippen molar-refractivity contribution in [2.24, 2.45) is 0 Å². The lowest BCUT2D eigenvalue weighted by Crippen LogP contribution is -2.83. The maximum atomic E-state index is 13.1. The first-order chi connectivity index (χ1) is 14.2. The SMILES string of the molecule is C[Si](O[Si](C(F)(F)F)(C(F)(F)F)C(F)(F)F)(O[Si](C(F)(F)F)(C(F)(F)F)C(F)(F)F)C(F)(F)F. The molecule has 206 valence electrons. The van der Waals surface area contributed by atoms with E-state index < -0.39 is 72.3 Å². The Kier molecular flexibility index (Phi) is 8.10. The van der Waals surface area contributed by atoms with Crippen molar-refractivity contribution in [1.29, 1.82) is 0 Å². The Balaban J connectivity index is 7.69. The van der Waals surface area contributed by atoms with E-state index in [9.17, 15) is 92.2 Å². The van der Waals surface area contributed by atoms with Crippen LogP contribution in [-0.2, 0) is 8.23 Å². The van der Waals surface area contributed by atoms with E-state index in [1.54, 1.807) is 0 Å². The fourth-order valence-corrected chi connectivity index (χ4v) is 12.9. The van der Waals surface area contributed by atoms with E-state index >= 15 is 0 Å². The molecule has 0 aromatic carbocycles. The molecule has 0 radical (unpaired) electrons. The van der Waals surface area contributed by atoms with Crippen molar-refractivity contribution >= 4 is 25.2 Å². The van der Waals surface area contributed by atoms with E-state index in [2.05, 4.69) is 0 Å². The number of hydrogen-bond acceptors (Lipinski definition) is 2. The zero-order valence-electron chi connectivity index (χ0n) is 14.8. The molecule has 0 bridgehead atoms. The molecule has 0 fully saturated rings. The first kappa shape index (κ1) is 33.1. The van der Waals surface area contributed by atoms with Crippen LogP contribution in [0.3, 0.4) is 0 Å². The zero-order valence-corrected chi connectivity index (χ0v) is 17.8. The molecule has 34 heavy (non-hydrogen) atoms. The Morgan fingerprint density at radius 2 is 0.471 bits per heavy atom. The maximum Gasteiger partial charge on any atom is 0.540 e. The summed E-state index contributed by atoms with van der Waals surface area (Å²) in [6, 6.07) is 0. The van der Waals surface area contributed by atoms with Crippen molar-refractivity contribution in [2.45, 2.75) is 47.1 Å². The minimum Gasteiger partial charge on any atom is -0.412 e. The second-order valence-electron chi connectivity index (χ2n) is 6.00. The van der Waals surface area contributed by atoms with Gasteiger partial charge in [-0.25, -0.2) is 0 Å². The van der Waals surface area contributed by atoms with Crippen molar-refractivity contribution in [3.8, 4) is 0 Å². The van der Waals surface area contributed by atoms with Crippen molar-refractivity contribution in [3.63, 3.8) is 0 Å². The quantitative estimate of drug-likeness (QED) is 0.260. The van der Waals surface area contributed by atoms with Gasteiger partial charge in [0.1, 0.15) is 0 Å². The molecule has 0 saturated carbocycles. The van der Waals surface area contributed by atoms with Crippen LogP contribution in [0.5, 0.6) is 0 Å². The van der Waals surface area contributed by atoms with E-state index in [4.69, 9.17) is 0 Å². The van der Waals surface area contributed by atoms with Crippen molar-refractivity contribution < 1.29 is 100 Å². The smallest absolute Gasteiger partial charge is 0.412 e. The number of alkyl halides is 21. The first-order valence-electron chi connectivity index (χ1n) is 7.04. The van der Waals surface area contributed by atoms with Crippen molar-refractivity contribution in [2.75, 3.05) is 0 Å². The molecular weight excluding hydrogens is 611 g/mol. The van der Waals surface area contributed by atoms with Crippen molar-refractivity contribution in [3.05, 3.63) is 0 Å². The average molecular weight is 614 g/mol. The highest BCUT2D eigenvalue weighted by Gasteiger charge is 2.96. The van der Waals surface area contributed by atoms with Crippen LogP contribution in [-0.4, -0.2) is 65.8 Å². The zero-order chi connectivity index (χ0) is 28.4. The van der Waals surface area contributed by atoms with E-state index in [0.29, 0.717) is 0 Å². The molecule has 0 unspecified atom stereocenters. The third kappa shape index (κ3) is 5.13. The molecule has 0 aromatic rings. The van der Waals surface area contributed by atoms with Gasteiger partial charge < -0.3 is 8.23 Å². The van der Waals surface area contributed by atoms with Gasteiger partial charge in [0.2, 0.25) is 0 Å². The molecule has 0 heterocycles. The molecule has 2 nitrogen and oxygen atoms in total. The van der Waals surface area contributed by atoms with Crippen LogP contribution in [0.25, 0.3) is 0 Å². The molecule has 0 spiro atoms. The van der Waals surface area contributed by atoms with E-state index in [1.165, 1.54) is 0 Å². The Bertz CT molecular complexity index is 592. The highest BCUT2D eigenvalue weighted by atomic mass is 28.5. The van der Waals surface area contributed by atoms with Crippen LogP contribution in [0.4, 0.5) is 92.2 Å². The summed E-state index contributed by atoms with van der Waals surface area (Å²) in [6.07, 6.45) is 0. The normalized spacial score (nSPS) is 16.8. The third-order valence-electron chi connectivity index (χ3n) is 3.61. The van der Waals surface area contributed by atoms with Crippen LogP contribution < -0.4 is 0 Å². The molecular formula is C8H3F21O2Si3. The average Bonchev–Trinajstić information content (AvgIpc) is 2.41. The van der Waals surface area contributed by atoms with Gasteiger partial charge >= 0.3 is 65.8 Å². The molecule has 0 saturated heterocycles. The molecule has 0 rings (SSSR count). The second kappa shape index (κ2) is 8.32. The standard InChI is InChI=1S/C8H3F21O2Si3/c1-32(2(9,10)11,30-33(3(12,13)14,4(15,16)17)5(18,19)20)31-34(6(21,22)23,7(24,25)26)8(27,28)29/h1H3. The summed E-state index contributed by atoms with van der Waals surface area (Å²) >= 11 is 0. The van der Waals surface area contributed by atoms with Gasteiger partial charge in [0, 0.05) is 0 Å². The lowest BCUT2D eigenvalue weighted by Gasteiger charge is -2.45. The van der Waals surface area contributed by atoms with Gasteiger partial charge in [0.15, 0.2) is 0 Å². The lowest BCUT2D eigenvalue weighted by molar-refractivity contribution is -0.196. The topological polar surface area (TPSA) is 18.5 Å². The van der Waals surface area contributed by atoms with Crippen LogP contribution in [0, 0.1) is 0 Å². The molecule has 0 aliphatic heterocycles. The van der Waals surface area contributed by atoms with E-state index in [1.807, 2.05) is 8.23 Å². The van der Waals surface area contributed by atoms with Crippen LogP contribution in [0.2, 0.25) is 6.55 Å². The second-order valence-corrected chi connectivity index (χ2v) is 16.2. The molecule has 26 heteroatoms. The predicted molar refractivity (Wildman–Crippen MR) is 67.7 cm³/mol. The molecule has 0 aliphatic carbocycles. The molecule has 0 aliphatic rings. The fraction of sp³-hybridized carbons (Fsp3) is 1.00. The van der Waals surface area contributed by atoms with E-state index in [0.717, 1.165) is 0 Å². The van der Waals surface area contributed by atoms with Gasteiger partial charge in [-0.15, -0.1) is 0 Å². The third-order valence-corrected chi connectivity index (χ3v) is 15.0. The van der Waals surface area contributed by atoms with Crippen LogP contribution in [0.15, 0.2) is 0 Å². The molecule has 0 atom stereocenters. The van der Waals surface area contributed by atoms with Gasteiger partial charge in [-0.2, -0.15) is 92.2 Å². The van der Waals surface area contributed by atoms with Gasteiger partial charge in [-0.05, 0) is 6.55 Å². The largest absolute Gasteiger partial charge is 0.540 e. The number of hydrogen-bond donors (Lipinski definition) is 0. The Morgan fingerprint density at radius 1 is 0.324 bits per heavy atom. The maximum absolute atomic E-state index is 13.1. The van der Waals surface area contributed by atoms with Crippen molar-refractivity contribution in [1.82, 2.24) is 0 Å². The highest BCUT2D eigenvalue weighted by Crippen LogP contribution is 2.57. The summed E-state index contributed by atoms with van der Waals surface area (Å²) in [6.45, 7) is -1.71. The van der Waals surface area contributed by atoms with Crippen LogP contribution in [0.1, 0.15) is 0 Å². The molecule has 0 aromatic heterocycles. The van der Waals surface area contributed by atoms with E-state index in [-0.39, 0.29) is 0 Å². The fourth-order valence-electron chi connectivity index (χ4n) is 2.03. The summed E-state index contributed by atoms with van der Waals surface area (Å²) in [5, 5.41) is 0. The predicted octanol–water partition coefficient (Wildman–Crippen LogP) is 6.69. The summed E-state index contributed by atoms with van der Waals surface area (Å²) in [4.78, 5) is 0. The van der Waals surface area contributed by atoms with Gasteiger partial charge in [-0.3, -0.25) is 0 Å². The Hall–Kier alpha value is -0.899. The van der Waals surface area contributed by atoms with Gasteiger partial charge in [0.25, 0.3) is 0 Å². The highest BCUT2D eigenvalue weighted by molar-refractivity contribution is 6.93. The summed E-state index contributed by atoms with van der Waals surface area (Å²) < 4.78 is 275. The molecule has 0 N–H and O–H groups in total. The first-order valence-corrected chi connectivity index (χ1v) is 13.2. The monoisotopic (exact) mass is 614 g/mol. The minimum atomic E-state index is -10.3. The Labute approximate surface area is 174 Å². The van der Waals surface area contributed by atoms with Crippen LogP contribution >= 0.6 is 0 Å². The van der Waals surface area contributed by atoms with Gasteiger partial charge in [0.05, 0.1) is 0 Å². The number of halogens is 21. The molecule has 0 amide bonds. The minimum absolute atomic E-state index is 1.71.